The first-order chi connectivity index (χ1) is 9.60. The topological polar surface area (TPSA) is 44.8 Å². The number of nitrogens with zero attached hydrogens (tertiary/aromatic N) is 2. The van der Waals surface area contributed by atoms with Gasteiger partial charge in [0, 0.05) is 31.2 Å². The molecule has 5 heteroatoms. The molecule has 20 heavy (non-hydrogen) atoms. The highest BCUT2D eigenvalue weighted by Gasteiger charge is 2.28. The van der Waals surface area contributed by atoms with E-state index in [4.69, 9.17) is 4.74 Å². The van der Waals surface area contributed by atoms with Crippen LogP contribution in [0.1, 0.15) is 39.5 Å². The fraction of sp³-hybridized carbons (Fsp3) is 0.933. The van der Waals surface area contributed by atoms with Crippen LogP contribution < -0.4 is 5.32 Å². The van der Waals surface area contributed by atoms with Crippen LogP contribution in [0.4, 0.5) is 4.79 Å². The molecule has 0 aromatic heterocycles. The molecule has 2 aliphatic rings. The lowest BCUT2D eigenvalue weighted by atomic mass is 9.96. The van der Waals surface area contributed by atoms with Gasteiger partial charge in [0.15, 0.2) is 0 Å². The van der Waals surface area contributed by atoms with Crippen molar-refractivity contribution in [3.8, 4) is 0 Å². The zero-order chi connectivity index (χ0) is 14.5. The van der Waals surface area contributed by atoms with E-state index in [1.165, 1.54) is 19.4 Å². The maximum absolute atomic E-state index is 11.7. The van der Waals surface area contributed by atoms with Crippen molar-refractivity contribution in [1.82, 2.24) is 15.1 Å². The molecule has 0 aromatic rings. The number of nitrogens with one attached hydrogen (secondary N) is 1. The maximum Gasteiger partial charge on any atom is 0.409 e. The summed E-state index contributed by atoms with van der Waals surface area (Å²) in [7, 11) is 2.21. The van der Waals surface area contributed by atoms with E-state index in [9.17, 15) is 4.79 Å². The first kappa shape index (κ1) is 15.6. The molecule has 116 valence electrons. The van der Waals surface area contributed by atoms with Gasteiger partial charge in [-0.1, -0.05) is 0 Å². The Hall–Kier alpha value is -0.810. The Labute approximate surface area is 122 Å². The second-order valence-electron chi connectivity index (χ2n) is 6.18. The molecule has 0 saturated carbocycles. The molecule has 1 amide bonds. The fourth-order valence-electron chi connectivity index (χ4n) is 3.22. The minimum atomic E-state index is -0.154. The van der Waals surface area contributed by atoms with Gasteiger partial charge in [-0.3, -0.25) is 0 Å². The molecular weight excluding hydrogens is 254 g/mol. The first-order valence-corrected chi connectivity index (χ1v) is 7.98. The largest absolute Gasteiger partial charge is 0.450 e. The monoisotopic (exact) mass is 283 g/mol. The summed E-state index contributed by atoms with van der Waals surface area (Å²) < 4.78 is 5.05. The number of carbonyl (C=O) groups is 1. The number of likely N-dealkylation sites (tertiary alicyclic amines) is 2. The summed E-state index contributed by atoms with van der Waals surface area (Å²) in [6, 6.07) is 1.86. The van der Waals surface area contributed by atoms with E-state index in [1.807, 2.05) is 11.8 Å². The van der Waals surface area contributed by atoms with Crippen molar-refractivity contribution in [1.29, 1.82) is 0 Å². The smallest absolute Gasteiger partial charge is 0.409 e. The maximum atomic E-state index is 11.7. The van der Waals surface area contributed by atoms with Crippen molar-refractivity contribution >= 4 is 6.09 Å². The number of ether oxygens (including phenoxy) is 1. The van der Waals surface area contributed by atoms with Gasteiger partial charge in [-0.05, 0) is 53.1 Å². The van der Waals surface area contributed by atoms with E-state index < -0.39 is 0 Å². The molecule has 2 rings (SSSR count). The third kappa shape index (κ3) is 4.09. The highest BCUT2D eigenvalue weighted by molar-refractivity contribution is 5.67. The molecule has 0 aliphatic carbocycles. The van der Waals surface area contributed by atoms with E-state index in [0.717, 1.165) is 25.9 Å². The number of rotatable bonds is 3. The molecule has 2 heterocycles. The molecule has 2 unspecified atom stereocenters. The van der Waals surface area contributed by atoms with E-state index in [2.05, 4.69) is 24.2 Å². The summed E-state index contributed by atoms with van der Waals surface area (Å²) >= 11 is 0. The highest BCUT2D eigenvalue weighted by atomic mass is 16.6. The van der Waals surface area contributed by atoms with Crippen molar-refractivity contribution in [2.24, 2.45) is 0 Å². The number of piperidine rings is 2. The predicted octanol–water partition coefficient (Wildman–Crippen LogP) is 1.68. The van der Waals surface area contributed by atoms with Gasteiger partial charge in [-0.15, -0.1) is 0 Å². The van der Waals surface area contributed by atoms with Crippen molar-refractivity contribution in [3.63, 3.8) is 0 Å². The van der Waals surface area contributed by atoms with Gasteiger partial charge < -0.3 is 19.9 Å². The second kappa shape index (κ2) is 7.27. The van der Waals surface area contributed by atoms with E-state index in [0.29, 0.717) is 24.7 Å². The third-order valence-electron chi connectivity index (χ3n) is 4.70. The standard InChI is InChI=1S/C15H29N3O2/c1-4-20-15(19)18-9-6-13(7-10-18)16-14-5-8-17(3)12(2)11-14/h12-14,16H,4-11H2,1-3H3. The summed E-state index contributed by atoms with van der Waals surface area (Å²) in [5.74, 6) is 0. The van der Waals surface area contributed by atoms with Crippen LogP contribution in [-0.4, -0.2) is 67.3 Å². The summed E-state index contributed by atoms with van der Waals surface area (Å²) in [5, 5.41) is 3.79. The van der Waals surface area contributed by atoms with Crippen molar-refractivity contribution in [2.45, 2.75) is 57.7 Å². The molecule has 0 bridgehead atoms. The molecule has 2 aliphatic heterocycles. The Balaban J connectivity index is 1.70. The molecule has 2 saturated heterocycles. The quantitative estimate of drug-likeness (QED) is 0.856. The highest BCUT2D eigenvalue weighted by Crippen LogP contribution is 2.18. The van der Waals surface area contributed by atoms with E-state index >= 15 is 0 Å². The summed E-state index contributed by atoms with van der Waals surface area (Å²) in [6.45, 7) is 7.44. The Morgan fingerprint density at radius 1 is 1.20 bits per heavy atom. The Morgan fingerprint density at radius 2 is 1.85 bits per heavy atom. The average Bonchev–Trinajstić information content (AvgIpc) is 2.44. The van der Waals surface area contributed by atoms with Gasteiger partial charge >= 0.3 is 6.09 Å². The molecule has 5 nitrogen and oxygen atoms in total. The summed E-state index contributed by atoms with van der Waals surface area (Å²) in [5.41, 5.74) is 0. The van der Waals surface area contributed by atoms with E-state index in [-0.39, 0.29) is 6.09 Å². The molecule has 0 aromatic carbocycles. The van der Waals surface area contributed by atoms with Gasteiger partial charge in [0.1, 0.15) is 0 Å². The van der Waals surface area contributed by atoms with Crippen LogP contribution >= 0.6 is 0 Å². The van der Waals surface area contributed by atoms with Crippen LogP contribution in [0.25, 0.3) is 0 Å². The molecule has 1 N–H and O–H groups in total. The number of carbonyl (C=O) groups excluding carboxylic acids is 1. The molecule has 0 spiro atoms. The Morgan fingerprint density at radius 3 is 2.45 bits per heavy atom. The molecule has 2 fully saturated rings. The minimum Gasteiger partial charge on any atom is -0.450 e. The van der Waals surface area contributed by atoms with Crippen molar-refractivity contribution in [3.05, 3.63) is 0 Å². The average molecular weight is 283 g/mol. The van der Waals surface area contributed by atoms with Gasteiger partial charge in [-0.25, -0.2) is 4.79 Å². The van der Waals surface area contributed by atoms with Crippen LogP contribution in [0, 0.1) is 0 Å². The zero-order valence-corrected chi connectivity index (χ0v) is 13.1. The van der Waals surface area contributed by atoms with Crippen LogP contribution in [0.2, 0.25) is 0 Å². The van der Waals surface area contributed by atoms with Crippen LogP contribution in [0.3, 0.4) is 0 Å². The third-order valence-corrected chi connectivity index (χ3v) is 4.70. The summed E-state index contributed by atoms with van der Waals surface area (Å²) in [6.07, 6.45) is 4.39. The lowest BCUT2D eigenvalue weighted by Gasteiger charge is -2.39. The number of hydrogen-bond donors (Lipinski definition) is 1. The minimum absolute atomic E-state index is 0.154. The van der Waals surface area contributed by atoms with Gasteiger partial charge in [0.25, 0.3) is 0 Å². The fourth-order valence-corrected chi connectivity index (χ4v) is 3.22. The molecule has 0 radical (unpaired) electrons. The lowest BCUT2D eigenvalue weighted by Crippen LogP contribution is -2.52. The van der Waals surface area contributed by atoms with Crippen LogP contribution in [0.15, 0.2) is 0 Å². The normalized spacial score (nSPS) is 29.4. The zero-order valence-electron chi connectivity index (χ0n) is 13.1. The first-order valence-electron chi connectivity index (χ1n) is 7.98. The molecular formula is C15H29N3O2. The predicted molar refractivity (Wildman–Crippen MR) is 79.9 cm³/mol. The number of hydrogen-bond acceptors (Lipinski definition) is 4. The number of amides is 1. The Kier molecular flexibility index (Phi) is 5.66. The molecule has 2 atom stereocenters. The Bertz CT molecular complexity index is 316. The van der Waals surface area contributed by atoms with E-state index in [1.54, 1.807) is 0 Å². The van der Waals surface area contributed by atoms with Crippen LogP contribution in [-0.2, 0) is 4.74 Å². The van der Waals surface area contributed by atoms with Gasteiger partial charge in [-0.2, -0.15) is 0 Å². The van der Waals surface area contributed by atoms with Crippen molar-refractivity contribution in [2.75, 3.05) is 33.3 Å². The lowest BCUT2D eigenvalue weighted by molar-refractivity contribution is 0.0914. The van der Waals surface area contributed by atoms with Crippen LogP contribution in [0.5, 0.6) is 0 Å². The van der Waals surface area contributed by atoms with Gasteiger partial charge in [0.05, 0.1) is 6.61 Å². The second-order valence-corrected chi connectivity index (χ2v) is 6.18. The van der Waals surface area contributed by atoms with Gasteiger partial charge in [0.2, 0.25) is 0 Å². The van der Waals surface area contributed by atoms with Crippen molar-refractivity contribution < 1.29 is 9.53 Å². The summed E-state index contributed by atoms with van der Waals surface area (Å²) in [4.78, 5) is 15.9. The SMILES string of the molecule is CCOC(=O)N1CCC(NC2CCN(C)C(C)C2)CC1.